The van der Waals surface area contributed by atoms with Crippen LogP contribution in [0.25, 0.3) is 0 Å². The van der Waals surface area contributed by atoms with Crippen molar-refractivity contribution in [3.63, 3.8) is 0 Å². The van der Waals surface area contributed by atoms with Crippen LogP contribution in [0.15, 0.2) is 0 Å². The fourth-order valence-corrected chi connectivity index (χ4v) is 2.30. The molecule has 1 aromatic heterocycles. The minimum Gasteiger partial charge on any atom is -0.329 e. The molecule has 1 aliphatic rings. The van der Waals surface area contributed by atoms with Crippen molar-refractivity contribution >= 4 is 0 Å². The first-order chi connectivity index (χ1) is 7.43. The molecule has 1 aliphatic heterocycles. The molecule has 4 nitrogen and oxygen atoms in total. The zero-order chi connectivity index (χ0) is 11.9. The number of rotatable bonds is 1. The third kappa shape index (κ3) is 1.87. The molecule has 0 unspecified atom stereocenters. The molecule has 0 atom stereocenters. The van der Waals surface area contributed by atoms with Gasteiger partial charge in [0.1, 0.15) is 5.82 Å². The molecule has 2 N–H and O–H groups in total. The van der Waals surface area contributed by atoms with Gasteiger partial charge >= 0.3 is 0 Å². The fraction of sp³-hybridized carbons (Fsp3) is 0.750. The minimum absolute atomic E-state index is 0.0953. The Kier molecular flexibility index (Phi) is 2.80. The predicted octanol–water partition coefficient (Wildman–Crippen LogP) is 1.08. The van der Waals surface area contributed by atoms with E-state index in [9.17, 15) is 0 Å². The Balaban J connectivity index is 2.50. The van der Waals surface area contributed by atoms with Gasteiger partial charge in [-0.05, 0) is 7.05 Å². The molecule has 2 heterocycles. The highest BCUT2D eigenvalue weighted by Crippen LogP contribution is 2.27. The Hall–Kier alpha value is -0.870. The number of likely N-dealkylation sites (N-methyl/N-ethyl adjacent to an activating group) is 1. The van der Waals surface area contributed by atoms with Crippen molar-refractivity contribution in [3.8, 4) is 0 Å². The number of fused-ring (bicyclic) bond motifs is 1. The highest BCUT2D eigenvalue weighted by Gasteiger charge is 2.27. The molecule has 2 rings (SSSR count). The predicted molar refractivity (Wildman–Crippen MR) is 65.2 cm³/mol. The van der Waals surface area contributed by atoms with Crippen molar-refractivity contribution in [2.75, 3.05) is 13.6 Å². The maximum atomic E-state index is 5.78. The quantitative estimate of drug-likeness (QED) is 0.773. The SMILES string of the molecule is CN1CCn2c(C(C)(C)C)nc(CN)c2C1. The first-order valence-corrected chi connectivity index (χ1v) is 5.91. The number of hydrogen-bond donors (Lipinski definition) is 1. The molecule has 0 radical (unpaired) electrons. The average molecular weight is 222 g/mol. The van der Waals surface area contributed by atoms with Crippen molar-refractivity contribution < 1.29 is 0 Å². The van der Waals surface area contributed by atoms with Gasteiger partial charge in [-0.15, -0.1) is 0 Å². The zero-order valence-electron chi connectivity index (χ0n) is 10.7. The van der Waals surface area contributed by atoms with Crippen LogP contribution < -0.4 is 5.73 Å². The Bertz CT molecular complexity index is 386. The molecule has 0 bridgehead atoms. The number of nitrogens with two attached hydrogens (primary N) is 1. The molecule has 0 saturated heterocycles. The zero-order valence-corrected chi connectivity index (χ0v) is 10.7. The average Bonchev–Trinajstić information content (AvgIpc) is 2.55. The lowest BCUT2D eigenvalue weighted by molar-refractivity contribution is 0.261. The highest BCUT2D eigenvalue weighted by atomic mass is 15.2. The lowest BCUT2D eigenvalue weighted by atomic mass is 9.95. The third-order valence-electron chi connectivity index (χ3n) is 3.14. The summed E-state index contributed by atoms with van der Waals surface area (Å²) in [6, 6.07) is 0. The molecule has 0 fully saturated rings. The van der Waals surface area contributed by atoms with Gasteiger partial charge in [0, 0.05) is 31.6 Å². The van der Waals surface area contributed by atoms with Gasteiger partial charge in [-0.1, -0.05) is 20.8 Å². The van der Waals surface area contributed by atoms with E-state index >= 15 is 0 Å². The number of aromatic nitrogens is 2. The van der Waals surface area contributed by atoms with E-state index in [4.69, 9.17) is 10.7 Å². The van der Waals surface area contributed by atoms with E-state index in [1.807, 2.05) is 0 Å². The molecular weight excluding hydrogens is 200 g/mol. The summed E-state index contributed by atoms with van der Waals surface area (Å²) in [5.74, 6) is 1.18. The first-order valence-electron chi connectivity index (χ1n) is 5.91. The largest absolute Gasteiger partial charge is 0.329 e. The second kappa shape index (κ2) is 3.86. The second-order valence-electron chi connectivity index (χ2n) is 5.67. The van der Waals surface area contributed by atoms with Gasteiger partial charge in [0.15, 0.2) is 0 Å². The normalized spacial score (nSPS) is 17.6. The molecular formula is C12H22N4. The molecule has 0 spiro atoms. The maximum absolute atomic E-state index is 5.78. The van der Waals surface area contributed by atoms with Gasteiger partial charge in [0.05, 0.1) is 11.4 Å². The summed E-state index contributed by atoms with van der Waals surface area (Å²) < 4.78 is 2.36. The monoisotopic (exact) mass is 222 g/mol. The van der Waals surface area contributed by atoms with Gasteiger partial charge in [-0.25, -0.2) is 4.98 Å². The van der Waals surface area contributed by atoms with Gasteiger partial charge < -0.3 is 10.3 Å². The summed E-state index contributed by atoms with van der Waals surface area (Å²) in [6.07, 6.45) is 0. The molecule has 90 valence electrons. The van der Waals surface area contributed by atoms with Crippen molar-refractivity contribution in [2.24, 2.45) is 5.73 Å². The van der Waals surface area contributed by atoms with E-state index in [1.165, 1.54) is 11.5 Å². The summed E-state index contributed by atoms with van der Waals surface area (Å²) in [6.45, 7) is 10.3. The Morgan fingerprint density at radius 2 is 2.00 bits per heavy atom. The molecule has 0 aromatic carbocycles. The van der Waals surface area contributed by atoms with Crippen LogP contribution in [-0.2, 0) is 25.0 Å². The molecule has 16 heavy (non-hydrogen) atoms. The van der Waals surface area contributed by atoms with E-state index < -0.39 is 0 Å². The van der Waals surface area contributed by atoms with Crippen LogP contribution >= 0.6 is 0 Å². The molecule has 1 aromatic rings. The minimum atomic E-state index is 0.0953. The van der Waals surface area contributed by atoms with Crippen molar-refractivity contribution in [3.05, 3.63) is 17.2 Å². The first kappa shape index (κ1) is 11.6. The van der Waals surface area contributed by atoms with Crippen molar-refractivity contribution in [2.45, 2.75) is 45.8 Å². The Morgan fingerprint density at radius 3 is 2.56 bits per heavy atom. The smallest absolute Gasteiger partial charge is 0.114 e. The fourth-order valence-electron chi connectivity index (χ4n) is 2.30. The Labute approximate surface area is 97.4 Å². The summed E-state index contributed by atoms with van der Waals surface area (Å²) in [7, 11) is 2.15. The summed E-state index contributed by atoms with van der Waals surface area (Å²) in [5.41, 5.74) is 8.25. The third-order valence-corrected chi connectivity index (χ3v) is 3.14. The van der Waals surface area contributed by atoms with E-state index in [0.717, 1.165) is 25.3 Å². The van der Waals surface area contributed by atoms with Crippen molar-refractivity contribution in [1.82, 2.24) is 14.5 Å². The van der Waals surface area contributed by atoms with Crippen LogP contribution in [-0.4, -0.2) is 28.0 Å². The van der Waals surface area contributed by atoms with Crippen LogP contribution in [0, 0.1) is 0 Å². The van der Waals surface area contributed by atoms with E-state index in [0.29, 0.717) is 6.54 Å². The number of hydrogen-bond acceptors (Lipinski definition) is 3. The van der Waals surface area contributed by atoms with Crippen LogP contribution in [0.3, 0.4) is 0 Å². The number of imidazole rings is 1. The van der Waals surface area contributed by atoms with Gasteiger partial charge in [0.2, 0.25) is 0 Å². The van der Waals surface area contributed by atoms with Crippen LogP contribution in [0.5, 0.6) is 0 Å². The second-order valence-corrected chi connectivity index (χ2v) is 5.67. The van der Waals surface area contributed by atoms with Gasteiger partial charge in [0.25, 0.3) is 0 Å². The lowest BCUT2D eigenvalue weighted by Crippen LogP contribution is -2.33. The van der Waals surface area contributed by atoms with E-state index in [2.05, 4.69) is 37.3 Å². The highest BCUT2D eigenvalue weighted by molar-refractivity contribution is 5.22. The summed E-state index contributed by atoms with van der Waals surface area (Å²) in [4.78, 5) is 7.05. The topological polar surface area (TPSA) is 47.1 Å². The van der Waals surface area contributed by atoms with Crippen LogP contribution in [0.2, 0.25) is 0 Å². The number of nitrogens with zero attached hydrogens (tertiary/aromatic N) is 3. The molecule has 0 aliphatic carbocycles. The standard InChI is InChI=1S/C12H22N4/c1-12(2,3)11-14-9(7-13)10-8-15(4)5-6-16(10)11/h5-8,13H2,1-4H3. The molecule has 0 saturated carbocycles. The van der Waals surface area contributed by atoms with Gasteiger partial charge in [-0.3, -0.25) is 4.90 Å². The van der Waals surface area contributed by atoms with E-state index in [-0.39, 0.29) is 5.41 Å². The molecule has 0 amide bonds. The van der Waals surface area contributed by atoms with Crippen molar-refractivity contribution in [1.29, 1.82) is 0 Å². The lowest BCUT2D eigenvalue weighted by Gasteiger charge is -2.28. The Morgan fingerprint density at radius 1 is 1.31 bits per heavy atom. The van der Waals surface area contributed by atoms with Crippen LogP contribution in [0.4, 0.5) is 0 Å². The summed E-state index contributed by atoms with van der Waals surface area (Å²) in [5, 5.41) is 0. The van der Waals surface area contributed by atoms with Gasteiger partial charge in [-0.2, -0.15) is 0 Å². The van der Waals surface area contributed by atoms with Crippen LogP contribution in [0.1, 0.15) is 38.0 Å². The summed E-state index contributed by atoms with van der Waals surface area (Å²) >= 11 is 0. The maximum Gasteiger partial charge on any atom is 0.114 e. The van der Waals surface area contributed by atoms with E-state index in [1.54, 1.807) is 0 Å². The molecule has 4 heteroatoms.